The van der Waals surface area contributed by atoms with E-state index in [1.165, 1.54) is 0 Å². The lowest BCUT2D eigenvalue weighted by atomic mass is 10.2. The summed E-state index contributed by atoms with van der Waals surface area (Å²) >= 11 is 0. The van der Waals surface area contributed by atoms with Gasteiger partial charge in [0.25, 0.3) is 5.56 Å². The molecule has 0 bridgehead atoms. The van der Waals surface area contributed by atoms with E-state index in [0.717, 1.165) is 16.2 Å². The number of hydrogen-bond donors (Lipinski definition) is 3. The molecule has 0 aliphatic carbocycles. The van der Waals surface area contributed by atoms with Crippen LogP contribution >= 0.6 is 0 Å². The third kappa shape index (κ3) is 2.43. The molecule has 0 amide bonds. The summed E-state index contributed by atoms with van der Waals surface area (Å²) in [6.07, 6.45) is 0. The number of nitrogens with one attached hydrogen (secondary N) is 2. The van der Waals surface area contributed by atoms with Crippen LogP contribution in [0.2, 0.25) is 0 Å². The highest BCUT2D eigenvalue weighted by atomic mass is 16.5. The normalized spacial score (nSPS) is 10.2. The van der Waals surface area contributed by atoms with Crippen molar-refractivity contribution in [1.29, 1.82) is 0 Å². The molecule has 0 aliphatic rings. The second-order valence-electron chi connectivity index (χ2n) is 3.51. The van der Waals surface area contributed by atoms with Gasteiger partial charge in [0, 0.05) is 6.07 Å². The van der Waals surface area contributed by atoms with E-state index in [1.54, 1.807) is 5.48 Å². The Morgan fingerprint density at radius 2 is 1.94 bits per heavy atom. The molecule has 1 aromatic heterocycles. The Kier molecular flexibility index (Phi) is 3.06. The lowest BCUT2D eigenvalue weighted by Crippen LogP contribution is -2.35. The summed E-state index contributed by atoms with van der Waals surface area (Å²) in [5.41, 5.74) is 1.53. The predicted molar refractivity (Wildman–Crippen MR) is 62.3 cm³/mol. The molecule has 0 saturated heterocycles. The van der Waals surface area contributed by atoms with Crippen molar-refractivity contribution in [3.05, 3.63) is 62.8 Å². The van der Waals surface area contributed by atoms with Gasteiger partial charge >= 0.3 is 5.69 Å². The van der Waals surface area contributed by atoms with Crippen molar-refractivity contribution in [1.82, 2.24) is 9.55 Å². The summed E-state index contributed by atoms with van der Waals surface area (Å²) in [6.45, 7) is 0.195. The number of aromatic nitrogens is 2. The molecular formula is C11H11N3O3. The van der Waals surface area contributed by atoms with E-state index in [9.17, 15) is 9.59 Å². The first-order valence-electron chi connectivity index (χ1n) is 4.99. The average molecular weight is 233 g/mol. The van der Waals surface area contributed by atoms with Crippen molar-refractivity contribution in [3.63, 3.8) is 0 Å². The molecule has 0 saturated carbocycles. The molecule has 1 heterocycles. The van der Waals surface area contributed by atoms with Crippen LogP contribution in [0.25, 0.3) is 0 Å². The van der Waals surface area contributed by atoms with Crippen LogP contribution in [0.15, 0.2) is 46.0 Å². The Bertz CT molecular complexity index is 585. The highest BCUT2D eigenvalue weighted by Gasteiger charge is 2.04. The van der Waals surface area contributed by atoms with Gasteiger partial charge in [-0.05, 0) is 5.56 Å². The molecule has 88 valence electrons. The van der Waals surface area contributed by atoms with E-state index in [0.29, 0.717) is 0 Å². The minimum Gasteiger partial charge on any atom is -0.292 e. The summed E-state index contributed by atoms with van der Waals surface area (Å²) < 4.78 is 1.05. The number of aromatic amines is 1. The molecule has 0 radical (unpaired) electrons. The lowest BCUT2D eigenvalue weighted by molar-refractivity contribution is 0.384. The van der Waals surface area contributed by atoms with E-state index in [-0.39, 0.29) is 12.4 Å². The maximum Gasteiger partial charge on any atom is 0.330 e. The van der Waals surface area contributed by atoms with Gasteiger partial charge in [-0.25, -0.2) is 4.79 Å². The van der Waals surface area contributed by atoms with Crippen LogP contribution in [0, 0.1) is 0 Å². The second-order valence-corrected chi connectivity index (χ2v) is 3.51. The zero-order chi connectivity index (χ0) is 12.3. The Morgan fingerprint density at radius 1 is 1.24 bits per heavy atom. The third-order valence-corrected chi connectivity index (χ3v) is 2.32. The van der Waals surface area contributed by atoms with Crippen LogP contribution in [0.4, 0.5) is 5.82 Å². The third-order valence-electron chi connectivity index (χ3n) is 2.32. The topological polar surface area (TPSA) is 87.1 Å². The van der Waals surface area contributed by atoms with Crippen LogP contribution in [-0.2, 0) is 6.54 Å². The molecule has 0 spiro atoms. The lowest BCUT2D eigenvalue weighted by Gasteiger charge is -2.05. The van der Waals surface area contributed by atoms with Gasteiger partial charge in [0.1, 0.15) is 5.82 Å². The van der Waals surface area contributed by atoms with Crippen LogP contribution in [0.3, 0.4) is 0 Å². The fourth-order valence-corrected chi connectivity index (χ4v) is 1.50. The monoisotopic (exact) mass is 233 g/mol. The summed E-state index contributed by atoms with van der Waals surface area (Å²) in [6, 6.07) is 10.3. The molecule has 2 aromatic rings. The van der Waals surface area contributed by atoms with E-state index < -0.39 is 11.2 Å². The van der Waals surface area contributed by atoms with Gasteiger partial charge in [-0.15, -0.1) is 0 Å². The maximum atomic E-state index is 11.6. The summed E-state index contributed by atoms with van der Waals surface area (Å²) in [4.78, 5) is 25.5. The van der Waals surface area contributed by atoms with Crippen molar-refractivity contribution in [2.45, 2.75) is 6.54 Å². The van der Waals surface area contributed by atoms with Crippen LogP contribution in [-0.4, -0.2) is 14.8 Å². The van der Waals surface area contributed by atoms with E-state index in [1.807, 2.05) is 30.3 Å². The minimum atomic E-state index is -0.571. The average Bonchev–Trinajstić information content (AvgIpc) is 2.35. The van der Waals surface area contributed by atoms with Gasteiger partial charge < -0.3 is 0 Å². The van der Waals surface area contributed by atoms with Crippen LogP contribution < -0.4 is 16.7 Å². The van der Waals surface area contributed by atoms with Gasteiger partial charge in [0.15, 0.2) is 0 Å². The zero-order valence-corrected chi connectivity index (χ0v) is 8.88. The van der Waals surface area contributed by atoms with Crippen molar-refractivity contribution >= 4 is 5.82 Å². The van der Waals surface area contributed by atoms with Gasteiger partial charge in [-0.2, -0.15) is 0 Å². The quantitative estimate of drug-likeness (QED) is 0.669. The summed E-state index contributed by atoms with van der Waals surface area (Å²) in [7, 11) is 0. The number of nitrogens with zero attached hydrogens (tertiary/aromatic N) is 1. The molecule has 0 atom stereocenters. The van der Waals surface area contributed by atoms with Crippen molar-refractivity contribution in [3.8, 4) is 0 Å². The molecule has 1 aromatic carbocycles. The molecule has 0 aliphatic heterocycles. The molecule has 3 N–H and O–H groups in total. The van der Waals surface area contributed by atoms with Gasteiger partial charge in [0.05, 0.1) is 6.54 Å². The number of hydrogen-bond acceptors (Lipinski definition) is 4. The largest absolute Gasteiger partial charge is 0.330 e. The number of H-pyrrole nitrogens is 1. The SMILES string of the molecule is O=c1cc(NO)[nH]c(=O)n1Cc1ccccc1. The standard InChI is InChI=1S/C11H11N3O3/c15-10-6-9(13-17)12-11(16)14(10)7-8-4-2-1-3-5-8/h1-6,13,17H,7H2,(H,12,16). The van der Waals surface area contributed by atoms with Crippen LogP contribution in [0.1, 0.15) is 5.56 Å². The summed E-state index contributed by atoms with van der Waals surface area (Å²) in [5, 5.41) is 8.60. The molecular weight excluding hydrogens is 222 g/mol. The Balaban J connectivity index is 2.41. The molecule has 17 heavy (non-hydrogen) atoms. The first kappa shape index (κ1) is 11.2. The molecule has 2 rings (SSSR count). The van der Waals surface area contributed by atoms with Crippen molar-refractivity contribution in [2.24, 2.45) is 0 Å². The van der Waals surface area contributed by atoms with Gasteiger partial charge in [-0.3, -0.25) is 25.0 Å². The first-order valence-corrected chi connectivity index (χ1v) is 4.99. The maximum absolute atomic E-state index is 11.6. The van der Waals surface area contributed by atoms with Crippen molar-refractivity contribution in [2.75, 3.05) is 5.48 Å². The minimum absolute atomic E-state index is 0.0238. The second kappa shape index (κ2) is 4.67. The smallest absolute Gasteiger partial charge is 0.292 e. The van der Waals surface area contributed by atoms with E-state index >= 15 is 0 Å². The highest BCUT2D eigenvalue weighted by Crippen LogP contribution is 1.99. The van der Waals surface area contributed by atoms with E-state index in [4.69, 9.17) is 5.21 Å². The molecule has 0 unspecified atom stereocenters. The highest BCUT2D eigenvalue weighted by molar-refractivity contribution is 5.28. The van der Waals surface area contributed by atoms with Gasteiger partial charge in [-0.1, -0.05) is 30.3 Å². The Morgan fingerprint density at radius 3 is 2.53 bits per heavy atom. The zero-order valence-electron chi connectivity index (χ0n) is 8.88. The van der Waals surface area contributed by atoms with E-state index in [2.05, 4.69) is 4.98 Å². The first-order chi connectivity index (χ1) is 8.20. The summed E-state index contributed by atoms with van der Waals surface area (Å²) in [5.74, 6) is -0.0238. The molecule has 6 heteroatoms. The Hall–Kier alpha value is -2.34. The molecule has 6 nitrogen and oxygen atoms in total. The number of rotatable bonds is 3. The molecule has 0 fully saturated rings. The fraction of sp³-hybridized carbons (Fsp3) is 0.0909. The van der Waals surface area contributed by atoms with Crippen LogP contribution in [0.5, 0.6) is 0 Å². The van der Waals surface area contributed by atoms with Gasteiger partial charge in [0.2, 0.25) is 0 Å². The number of benzene rings is 1. The fourth-order valence-electron chi connectivity index (χ4n) is 1.50. The van der Waals surface area contributed by atoms with Crippen molar-refractivity contribution < 1.29 is 5.21 Å². The number of anilines is 1. The predicted octanol–water partition coefficient (Wildman–Crippen LogP) is 0.386. The Labute approximate surface area is 96.1 Å².